The van der Waals surface area contributed by atoms with Crippen molar-refractivity contribution in [2.75, 3.05) is 33.4 Å². The summed E-state index contributed by atoms with van der Waals surface area (Å²) in [6.45, 7) is 9.72. The van der Waals surface area contributed by atoms with Crippen LogP contribution >= 0.6 is 0 Å². The Bertz CT molecular complexity index is 784. The van der Waals surface area contributed by atoms with Gasteiger partial charge in [0.05, 0.1) is 25.4 Å². The highest BCUT2D eigenvalue weighted by atomic mass is 16.6. The molecule has 0 bridgehead atoms. The molecule has 0 saturated heterocycles. The molecule has 0 aromatic rings. The van der Waals surface area contributed by atoms with Crippen LogP contribution in [0.15, 0.2) is 36.5 Å². The average Bonchev–Trinajstić information content (AvgIpc) is 3.17. The zero-order valence-electron chi connectivity index (χ0n) is 36.8. The molecule has 3 unspecified atom stereocenters. The summed E-state index contributed by atoms with van der Waals surface area (Å²) in [5.74, 6) is 0. The van der Waals surface area contributed by atoms with Gasteiger partial charge in [0.15, 0.2) is 6.29 Å². The Labute approximate surface area is 338 Å². The molecule has 320 valence electrons. The van der Waals surface area contributed by atoms with Crippen LogP contribution in [0.3, 0.4) is 0 Å². The molecule has 3 atom stereocenters. The standard InChI is InChI=1S/C49H95NO4/c1-5-8-11-14-17-20-23-26-29-32-35-38-47(42-45-54-49(51)40-37-34-31-28-25-22-19-16-13-10-7-3)52-44-41-48(53-46-43-50-4)39-36-33-30-27-24-21-18-15-12-9-6-2/h14-19,47-51H,5-13,20-46H2,1-4H3. The predicted molar refractivity (Wildman–Crippen MR) is 238 cm³/mol. The van der Waals surface area contributed by atoms with Crippen molar-refractivity contribution in [3.8, 4) is 0 Å². The largest absolute Gasteiger partial charge is 0.378 e. The van der Waals surface area contributed by atoms with Gasteiger partial charge in [-0.2, -0.15) is 0 Å². The van der Waals surface area contributed by atoms with Gasteiger partial charge in [-0.3, -0.25) is 0 Å². The molecule has 0 aromatic carbocycles. The Morgan fingerprint density at radius 3 is 1.13 bits per heavy atom. The van der Waals surface area contributed by atoms with Crippen molar-refractivity contribution in [1.82, 2.24) is 5.32 Å². The molecule has 2 N–H and O–H groups in total. The number of aliphatic hydroxyl groups is 1. The third kappa shape index (κ3) is 42.2. The molecule has 0 aliphatic rings. The van der Waals surface area contributed by atoms with Gasteiger partial charge in [-0.15, -0.1) is 0 Å². The van der Waals surface area contributed by atoms with Gasteiger partial charge in [0.25, 0.3) is 0 Å². The first kappa shape index (κ1) is 53.0. The molecule has 0 spiro atoms. The lowest BCUT2D eigenvalue weighted by Crippen LogP contribution is -2.24. The van der Waals surface area contributed by atoms with Crippen molar-refractivity contribution in [2.24, 2.45) is 0 Å². The maximum atomic E-state index is 10.5. The van der Waals surface area contributed by atoms with E-state index in [0.717, 1.165) is 58.3 Å². The number of likely N-dealkylation sites (N-methyl/N-ethyl adjacent to an activating group) is 1. The SMILES string of the molecule is CCCCC=CCCCCCCCC(O)OCCC(CCCCCCCC=CCCCC)OCCC(CCCCCCCC=CCCCC)OCCNC. The minimum absolute atomic E-state index is 0.184. The Hall–Kier alpha value is -0.980. The minimum atomic E-state index is -0.657. The topological polar surface area (TPSA) is 60.0 Å². The van der Waals surface area contributed by atoms with E-state index in [4.69, 9.17) is 14.2 Å². The van der Waals surface area contributed by atoms with Gasteiger partial charge in [0, 0.05) is 13.2 Å². The van der Waals surface area contributed by atoms with Gasteiger partial charge >= 0.3 is 0 Å². The van der Waals surface area contributed by atoms with E-state index < -0.39 is 6.29 Å². The monoisotopic (exact) mass is 762 g/mol. The maximum Gasteiger partial charge on any atom is 0.154 e. The summed E-state index contributed by atoms with van der Waals surface area (Å²) in [5.41, 5.74) is 0. The molecule has 0 aliphatic carbocycles. The molecule has 5 heteroatoms. The van der Waals surface area contributed by atoms with E-state index in [9.17, 15) is 5.11 Å². The van der Waals surface area contributed by atoms with Crippen molar-refractivity contribution in [3.05, 3.63) is 36.5 Å². The van der Waals surface area contributed by atoms with Crippen LogP contribution in [0.2, 0.25) is 0 Å². The molecule has 5 nitrogen and oxygen atoms in total. The lowest BCUT2D eigenvalue weighted by molar-refractivity contribution is -0.113. The van der Waals surface area contributed by atoms with Crippen LogP contribution in [0.25, 0.3) is 0 Å². The van der Waals surface area contributed by atoms with E-state index in [1.165, 1.54) is 167 Å². The van der Waals surface area contributed by atoms with Crippen LogP contribution in [0.4, 0.5) is 0 Å². The Morgan fingerprint density at radius 1 is 0.389 bits per heavy atom. The molecule has 0 fully saturated rings. The number of unbranched alkanes of at least 4 members (excludes halogenated alkanes) is 21. The highest BCUT2D eigenvalue weighted by Crippen LogP contribution is 2.18. The van der Waals surface area contributed by atoms with Crippen LogP contribution in [0.5, 0.6) is 0 Å². The fourth-order valence-electron chi connectivity index (χ4n) is 6.85. The van der Waals surface area contributed by atoms with Gasteiger partial charge in [0.2, 0.25) is 0 Å². The van der Waals surface area contributed by atoms with E-state index in [0.29, 0.717) is 6.61 Å². The first-order valence-corrected chi connectivity index (χ1v) is 23.8. The van der Waals surface area contributed by atoms with Gasteiger partial charge in [-0.25, -0.2) is 0 Å². The third-order valence-corrected chi connectivity index (χ3v) is 10.5. The fraction of sp³-hybridized carbons (Fsp3) is 0.878. The number of ether oxygens (including phenoxy) is 3. The van der Waals surface area contributed by atoms with Gasteiger partial charge in [0.1, 0.15) is 0 Å². The number of rotatable bonds is 45. The third-order valence-electron chi connectivity index (χ3n) is 10.5. The normalized spacial score (nSPS) is 13.9. The second kappa shape index (κ2) is 46.4. The summed E-state index contributed by atoms with van der Waals surface area (Å²) in [7, 11) is 1.99. The summed E-state index contributed by atoms with van der Waals surface area (Å²) >= 11 is 0. The smallest absolute Gasteiger partial charge is 0.154 e. The van der Waals surface area contributed by atoms with Crippen LogP contribution in [0.1, 0.15) is 226 Å². The van der Waals surface area contributed by atoms with Crippen molar-refractivity contribution >= 4 is 0 Å². The first-order chi connectivity index (χ1) is 26.7. The predicted octanol–water partition coefficient (Wildman–Crippen LogP) is 14.5. The summed E-state index contributed by atoms with van der Waals surface area (Å²) in [5, 5.41) is 13.8. The fourth-order valence-corrected chi connectivity index (χ4v) is 6.85. The molecule has 0 heterocycles. The van der Waals surface area contributed by atoms with E-state index >= 15 is 0 Å². The lowest BCUT2D eigenvalue weighted by atomic mass is 10.0. The summed E-state index contributed by atoms with van der Waals surface area (Å²) < 4.78 is 18.8. The maximum absolute atomic E-state index is 10.5. The van der Waals surface area contributed by atoms with E-state index in [-0.39, 0.29) is 12.2 Å². The summed E-state index contributed by atoms with van der Waals surface area (Å²) in [6, 6.07) is 0. The molecule has 0 aliphatic heterocycles. The van der Waals surface area contributed by atoms with Crippen molar-refractivity contribution in [1.29, 1.82) is 0 Å². The second-order valence-corrected chi connectivity index (χ2v) is 15.9. The molecular formula is C49H95NO4. The molecule has 0 rings (SSSR count). The number of nitrogens with one attached hydrogen (secondary N) is 1. The molecule has 0 aromatic heterocycles. The van der Waals surface area contributed by atoms with Crippen LogP contribution in [0, 0.1) is 0 Å². The number of aliphatic hydroxyl groups excluding tert-OH is 1. The second-order valence-electron chi connectivity index (χ2n) is 15.9. The number of allylic oxidation sites excluding steroid dienone is 6. The van der Waals surface area contributed by atoms with Crippen LogP contribution < -0.4 is 5.32 Å². The first-order valence-electron chi connectivity index (χ1n) is 23.8. The highest BCUT2D eigenvalue weighted by molar-refractivity contribution is 4.82. The van der Waals surface area contributed by atoms with Gasteiger partial charge in [-0.1, -0.05) is 166 Å². The highest BCUT2D eigenvalue weighted by Gasteiger charge is 2.14. The van der Waals surface area contributed by atoms with Crippen molar-refractivity contribution in [3.63, 3.8) is 0 Å². The quantitative estimate of drug-likeness (QED) is 0.0368. The Balaban J connectivity index is 4.56. The van der Waals surface area contributed by atoms with Crippen LogP contribution in [-0.2, 0) is 14.2 Å². The van der Waals surface area contributed by atoms with Gasteiger partial charge in [-0.05, 0) is 103 Å². The summed E-state index contributed by atoms with van der Waals surface area (Å²) in [6.07, 6.45) is 52.7. The van der Waals surface area contributed by atoms with E-state index in [1.807, 2.05) is 7.05 Å². The zero-order chi connectivity index (χ0) is 39.3. The molecule has 0 amide bonds. The number of hydrogen-bond donors (Lipinski definition) is 2. The molecule has 0 saturated carbocycles. The molecule has 0 radical (unpaired) electrons. The Kier molecular flexibility index (Phi) is 45.6. The minimum Gasteiger partial charge on any atom is -0.378 e. The molecule has 54 heavy (non-hydrogen) atoms. The average molecular weight is 762 g/mol. The van der Waals surface area contributed by atoms with Crippen molar-refractivity contribution in [2.45, 2.75) is 245 Å². The van der Waals surface area contributed by atoms with E-state index in [2.05, 4.69) is 62.5 Å². The van der Waals surface area contributed by atoms with E-state index in [1.54, 1.807) is 0 Å². The molecular weight excluding hydrogens is 667 g/mol. The summed E-state index contributed by atoms with van der Waals surface area (Å²) in [4.78, 5) is 0. The van der Waals surface area contributed by atoms with Gasteiger partial charge < -0.3 is 24.6 Å². The van der Waals surface area contributed by atoms with Crippen molar-refractivity contribution < 1.29 is 19.3 Å². The number of hydrogen-bond acceptors (Lipinski definition) is 5. The zero-order valence-corrected chi connectivity index (χ0v) is 36.8. The Morgan fingerprint density at radius 2 is 0.722 bits per heavy atom. The lowest BCUT2D eigenvalue weighted by Gasteiger charge is -2.22. The van der Waals surface area contributed by atoms with Crippen LogP contribution in [-0.4, -0.2) is 57.0 Å².